The van der Waals surface area contributed by atoms with E-state index in [0.717, 1.165) is 0 Å². The number of anilines is 1. The SMILES string of the molecule is Cc1nnc(-c2ccc(NS(=O)(=O)c3ccccc3C#N)cc2)o1. The molecule has 0 unspecified atom stereocenters. The van der Waals surface area contributed by atoms with Gasteiger partial charge >= 0.3 is 0 Å². The molecule has 8 heteroatoms. The summed E-state index contributed by atoms with van der Waals surface area (Å²) < 4.78 is 32.6. The van der Waals surface area contributed by atoms with Gasteiger partial charge in [0.2, 0.25) is 11.8 Å². The van der Waals surface area contributed by atoms with E-state index in [-0.39, 0.29) is 10.5 Å². The molecule has 24 heavy (non-hydrogen) atoms. The number of nitrogens with one attached hydrogen (secondary N) is 1. The van der Waals surface area contributed by atoms with Crippen LogP contribution in [0.1, 0.15) is 11.5 Å². The number of hydrogen-bond acceptors (Lipinski definition) is 6. The lowest BCUT2D eigenvalue weighted by molar-refractivity contribution is 0.533. The van der Waals surface area contributed by atoms with Crippen LogP contribution in [0.3, 0.4) is 0 Å². The second-order valence-corrected chi connectivity index (χ2v) is 6.57. The number of hydrogen-bond donors (Lipinski definition) is 1. The van der Waals surface area contributed by atoms with Crippen molar-refractivity contribution in [3.8, 4) is 17.5 Å². The molecule has 1 aromatic heterocycles. The maximum absolute atomic E-state index is 12.4. The minimum absolute atomic E-state index is 0.0656. The van der Waals surface area contributed by atoms with Crippen LogP contribution in [-0.2, 0) is 10.0 Å². The molecule has 3 aromatic rings. The maximum atomic E-state index is 12.4. The zero-order chi connectivity index (χ0) is 17.2. The Morgan fingerprint density at radius 1 is 1.08 bits per heavy atom. The molecule has 0 fully saturated rings. The Balaban J connectivity index is 1.87. The number of sulfonamides is 1. The fourth-order valence-corrected chi connectivity index (χ4v) is 3.31. The number of rotatable bonds is 4. The lowest BCUT2D eigenvalue weighted by atomic mass is 10.2. The average molecular weight is 340 g/mol. The molecule has 0 atom stereocenters. The van der Waals surface area contributed by atoms with Gasteiger partial charge in [-0.3, -0.25) is 4.72 Å². The summed E-state index contributed by atoms with van der Waals surface area (Å²) in [4.78, 5) is -0.0656. The molecule has 0 spiro atoms. The molecule has 0 aliphatic carbocycles. The van der Waals surface area contributed by atoms with E-state index in [1.54, 1.807) is 43.3 Å². The van der Waals surface area contributed by atoms with E-state index >= 15 is 0 Å². The quantitative estimate of drug-likeness (QED) is 0.782. The van der Waals surface area contributed by atoms with Crippen molar-refractivity contribution in [3.63, 3.8) is 0 Å². The van der Waals surface area contributed by atoms with E-state index in [1.807, 2.05) is 6.07 Å². The third-order valence-corrected chi connectivity index (χ3v) is 4.65. The van der Waals surface area contributed by atoms with Crippen molar-refractivity contribution in [1.82, 2.24) is 10.2 Å². The summed E-state index contributed by atoms with van der Waals surface area (Å²) >= 11 is 0. The predicted molar refractivity (Wildman–Crippen MR) is 86.4 cm³/mol. The summed E-state index contributed by atoms with van der Waals surface area (Å²) in [6.07, 6.45) is 0. The van der Waals surface area contributed by atoms with E-state index in [9.17, 15) is 8.42 Å². The van der Waals surface area contributed by atoms with Gasteiger partial charge in [0.1, 0.15) is 11.0 Å². The highest BCUT2D eigenvalue weighted by molar-refractivity contribution is 7.92. The second-order valence-electron chi connectivity index (χ2n) is 4.92. The molecule has 0 radical (unpaired) electrons. The predicted octanol–water partition coefficient (Wildman–Crippen LogP) is 2.72. The summed E-state index contributed by atoms with van der Waals surface area (Å²) in [7, 11) is -3.85. The first kappa shape index (κ1) is 15.7. The second kappa shape index (κ2) is 6.14. The first-order valence-electron chi connectivity index (χ1n) is 6.92. The van der Waals surface area contributed by atoms with E-state index in [0.29, 0.717) is 23.0 Å². The lowest BCUT2D eigenvalue weighted by Gasteiger charge is -2.09. The Labute approximate surface area is 138 Å². The number of nitriles is 1. The molecular formula is C16H12N4O3S. The van der Waals surface area contributed by atoms with Crippen molar-refractivity contribution in [3.05, 3.63) is 60.0 Å². The van der Waals surface area contributed by atoms with Gasteiger partial charge in [-0.25, -0.2) is 8.42 Å². The van der Waals surface area contributed by atoms with Crippen LogP contribution < -0.4 is 4.72 Å². The Kier molecular flexibility index (Phi) is 4.02. The third-order valence-electron chi connectivity index (χ3n) is 3.21. The zero-order valence-corrected chi connectivity index (χ0v) is 13.4. The molecule has 120 valence electrons. The van der Waals surface area contributed by atoms with Crippen LogP contribution in [0.2, 0.25) is 0 Å². The maximum Gasteiger partial charge on any atom is 0.263 e. The topological polar surface area (TPSA) is 109 Å². The fourth-order valence-electron chi connectivity index (χ4n) is 2.10. The smallest absolute Gasteiger partial charge is 0.263 e. The average Bonchev–Trinajstić information content (AvgIpc) is 3.01. The fraction of sp³-hybridized carbons (Fsp3) is 0.0625. The Morgan fingerprint density at radius 3 is 2.42 bits per heavy atom. The van der Waals surface area contributed by atoms with E-state index in [4.69, 9.17) is 9.68 Å². The molecule has 0 amide bonds. The molecule has 0 bridgehead atoms. The molecule has 2 aromatic carbocycles. The standard InChI is InChI=1S/C16H12N4O3S/c1-11-18-19-16(23-11)12-6-8-14(9-7-12)20-24(21,22)15-5-3-2-4-13(15)10-17/h2-9,20H,1H3. The summed E-state index contributed by atoms with van der Waals surface area (Å²) in [5.41, 5.74) is 1.13. The van der Waals surface area contributed by atoms with Crippen molar-refractivity contribution in [2.24, 2.45) is 0 Å². The van der Waals surface area contributed by atoms with Gasteiger partial charge in [0.15, 0.2) is 0 Å². The van der Waals surface area contributed by atoms with Crippen LogP contribution in [0.4, 0.5) is 5.69 Å². The summed E-state index contributed by atoms with van der Waals surface area (Å²) in [5.74, 6) is 0.805. The van der Waals surface area contributed by atoms with Crippen LogP contribution in [0, 0.1) is 18.3 Å². The van der Waals surface area contributed by atoms with Crippen LogP contribution >= 0.6 is 0 Å². The number of aryl methyl sites for hydroxylation is 1. The lowest BCUT2D eigenvalue weighted by Crippen LogP contribution is -2.14. The van der Waals surface area contributed by atoms with E-state index in [2.05, 4.69) is 14.9 Å². The van der Waals surface area contributed by atoms with Crippen molar-refractivity contribution < 1.29 is 12.8 Å². The van der Waals surface area contributed by atoms with Gasteiger partial charge in [0, 0.05) is 18.2 Å². The van der Waals surface area contributed by atoms with Gasteiger partial charge in [0.25, 0.3) is 10.0 Å². The van der Waals surface area contributed by atoms with Crippen molar-refractivity contribution in [2.45, 2.75) is 11.8 Å². The monoisotopic (exact) mass is 340 g/mol. The van der Waals surface area contributed by atoms with Gasteiger partial charge in [-0.1, -0.05) is 12.1 Å². The van der Waals surface area contributed by atoms with Crippen LogP contribution in [0.25, 0.3) is 11.5 Å². The highest BCUT2D eigenvalue weighted by Crippen LogP contribution is 2.23. The van der Waals surface area contributed by atoms with Crippen molar-refractivity contribution in [2.75, 3.05) is 4.72 Å². The first-order valence-corrected chi connectivity index (χ1v) is 8.40. The van der Waals surface area contributed by atoms with Crippen LogP contribution in [-0.4, -0.2) is 18.6 Å². The molecule has 0 aliphatic heterocycles. The minimum Gasteiger partial charge on any atom is -0.421 e. The van der Waals surface area contributed by atoms with Crippen LogP contribution in [0.5, 0.6) is 0 Å². The molecule has 1 N–H and O–H groups in total. The minimum atomic E-state index is -3.85. The molecule has 0 aliphatic rings. The Morgan fingerprint density at radius 2 is 1.79 bits per heavy atom. The highest BCUT2D eigenvalue weighted by atomic mass is 32.2. The highest BCUT2D eigenvalue weighted by Gasteiger charge is 2.18. The van der Waals surface area contributed by atoms with Crippen molar-refractivity contribution >= 4 is 15.7 Å². The van der Waals surface area contributed by atoms with Crippen molar-refractivity contribution in [1.29, 1.82) is 5.26 Å². The molecule has 0 saturated carbocycles. The normalized spacial score (nSPS) is 11.0. The molecule has 1 heterocycles. The largest absolute Gasteiger partial charge is 0.421 e. The summed E-state index contributed by atoms with van der Waals surface area (Å²) in [6.45, 7) is 1.69. The third kappa shape index (κ3) is 3.11. The molecular weight excluding hydrogens is 328 g/mol. The number of aromatic nitrogens is 2. The van der Waals surface area contributed by atoms with Gasteiger partial charge < -0.3 is 4.42 Å². The van der Waals surface area contributed by atoms with Gasteiger partial charge in [-0.2, -0.15) is 5.26 Å². The number of benzene rings is 2. The van der Waals surface area contributed by atoms with E-state index in [1.165, 1.54) is 12.1 Å². The Hall–Kier alpha value is -3.18. The van der Waals surface area contributed by atoms with Gasteiger partial charge in [0.05, 0.1) is 5.56 Å². The first-order chi connectivity index (χ1) is 11.5. The molecule has 7 nitrogen and oxygen atoms in total. The molecule has 3 rings (SSSR count). The zero-order valence-electron chi connectivity index (χ0n) is 12.6. The Bertz CT molecular complexity index is 1020. The van der Waals surface area contributed by atoms with Gasteiger partial charge in [-0.05, 0) is 36.4 Å². The summed E-state index contributed by atoms with van der Waals surface area (Å²) in [6, 6.07) is 14.4. The van der Waals surface area contributed by atoms with Crippen LogP contribution in [0.15, 0.2) is 57.8 Å². The summed E-state index contributed by atoms with van der Waals surface area (Å²) in [5, 5.41) is 16.7. The number of nitrogens with zero attached hydrogens (tertiary/aromatic N) is 3. The van der Waals surface area contributed by atoms with E-state index < -0.39 is 10.0 Å². The van der Waals surface area contributed by atoms with Gasteiger partial charge in [-0.15, -0.1) is 10.2 Å². The molecule has 0 saturated heterocycles.